The SMILES string of the molecule is CC1(C)c2ccccc2-c2cccc(-c3ccccc3-c3ccc(N(c4ccc(-c5ccccc5-c5ccc(-c6ccccc6)cc5)cc4)c4ccc5c(c4)C4(CCCC4)c4ccccc4-5)cc3)c21. The molecule has 0 unspecified atom stereocenters. The molecule has 13 rings (SSSR count). The number of rotatable bonds is 8. The molecule has 1 heteroatoms. The maximum Gasteiger partial charge on any atom is 0.0465 e. The molecule has 0 heterocycles. The van der Waals surface area contributed by atoms with Gasteiger partial charge in [-0.25, -0.2) is 0 Å². The molecule has 10 aromatic carbocycles. The second kappa shape index (κ2) is 16.4. The van der Waals surface area contributed by atoms with Gasteiger partial charge < -0.3 is 4.90 Å². The Morgan fingerprint density at radius 3 is 1.28 bits per heavy atom. The van der Waals surface area contributed by atoms with Gasteiger partial charge in [-0.2, -0.15) is 0 Å². The van der Waals surface area contributed by atoms with Crippen LogP contribution < -0.4 is 4.90 Å². The lowest BCUT2D eigenvalue weighted by atomic mass is 9.76. The summed E-state index contributed by atoms with van der Waals surface area (Å²) >= 11 is 0. The summed E-state index contributed by atoms with van der Waals surface area (Å²) in [6.45, 7) is 4.77. The molecular weight excluding hydrogens is 831 g/mol. The van der Waals surface area contributed by atoms with Gasteiger partial charge in [0, 0.05) is 27.9 Å². The fourth-order valence-corrected chi connectivity index (χ4v) is 12.6. The van der Waals surface area contributed by atoms with Crippen molar-refractivity contribution in [3.63, 3.8) is 0 Å². The number of hydrogen-bond donors (Lipinski definition) is 0. The van der Waals surface area contributed by atoms with Crippen molar-refractivity contribution in [2.45, 2.75) is 50.4 Å². The zero-order valence-corrected chi connectivity index (χ0v) is 39.3. The van der Waals surface area contributed by atoms with Gasteiger partial charge in [-0.05, 0) is 149 Å². The molecule has 69 heavy (non-hydrogen) atoms. The first-order valence-corrected chi connectivity index (χ1v) is 24.8. The fraction of sp³-hybridized carbons (Fsp3) is 0.118. The first-order chi connectivity index (χ1) is 34.0. The normalized spacial score (nSPS) is 14.5. The molecule has 0 N–H and O–H groups in total. The Hall–Kier alpha value is -8.00. The fourth-order valence-electron chi connectivity index (χ4n) is 12.6. The number of anilines is 3. The van der Waals surface area contributed by atoms with Crippen molar-refractivity contribution in [3.05, 3.63) is 259 Å². The molecule has 0 aromatic heterocycles. The van der Waals surface area contributed by atoms with Crippen molar-refractivity contribution < 1.29 is 0 Å². The van der Waals surface area contributed by atoms with Crippen LogP contribution >= 0.6 is 0 Å². The minimum absolute atomic E-state index is 0.0710. The predicted octanol–water partition coefficient (Wildman–Crippen LogP) is 18.6. The average molecular weight is 884 g/mol. The highest BCUT2D eigenvalue weighted by Crippen LogP contribution is 2.58. The number of fused-ring (bicyclic) bond motifs is 8. The van der Waals surface area contributed by atoms with E-state index in [1.807, 2.05) is 0 Å². The van der Waals surface area contributed by atoms with Gasteiger partial charge in [0.1, 0.15) is 0 Å². The van der Waals surface area contributed by atoms with Crippen molar-refractivity contribution in [1.82, 2.24) is 0 Å². The van der Waals surface area contributed by atoms with E-state index in [0.29, 0.717) is 0 Å². The van der Waals surface area contributed by atoms with Crippen LogP contribution in [-0.2, 0) is 10.8 Å². The van der Waals surface area contributed by atoms with Gasteiger partial charge in [0.15, 0.2) is 0 Å². The summed E-state index contributed by atoms with van der Waals surface area (Å²) in [5, 5.41) is 0. The molecule has 0 radical (unpaired) electrons. The van der Waals surface area contributed by atoms with Crippen LogP contribution in [0.4, 0.5) is 17.1 Å². The molecule has 10 aromatic rings. The molecule has 1 nitrogen and oxygen atoms in total. The number of hydrogen-bond acceptors (Lipinski definition) is 1. The molecule has 0 saturated heterocycles. The standard InChI is InChI=1S/C68H53N/c1-67(2)63-27-12-10-24-59(63)62-26-16-25-61(66(62)67)57-22-9-8-21-56(57)50-35-39-52(40-36-50)69(53-41-42-60-58-23-11-13-28-64(58)68(65(60)45-53)43-14-15-44-68)51-37-33-49(34-38-51)55-20-7-6-19-54(55)48-31-29-47(30-32-48)46-17-4-3-5-18-46/h3-13,16-42,45H,14-15,43-44H2,1-2H3. The predicted molar refractivity (Wildman–Crippen MR) is 291 cm³/mol. The lowest BCUT2D eigenvalue weighted by molar-refractivity contribution is 0.550. The molecule has 0 atom stereocenters. The molecule has 0 bridgehead atoms. The van der Waals surface area contributed by atoms with Crippen molar-refractivity contribution in [2.24, 2.45) is 0 Å². The molecule has 1 spiro atoms. The van der Waals surface area contributed by atoms with Gasteiger partial charge in [-0.1, -0.05) is 227 Å². The monoisotopic (exact) mass is 883 g/mol. The minimum atomic E-state index is -0.111. The summed E-state index contributed by atoms with van der Waals surface area (Å²) in [7, 11) is 0. The topological polar surface area (TPSA) is 3.24 Å². The average Bonchev–Trinajstić information content (AvgIpc) is 4.09. The van der Waals surface area contributed by atoms with E-state index in [9.17, 15) is 0 Å². The van der Waals surface area contributed by atoms with Gasteiger partial charge in [-0.15, -0.1) is 0 Å². The van der Waals surface area contributed by atoms with Gasteiger partial charge in [0.25, 0.3) is 0 Å². The molecule has 1 saturated carbocycles. The van der Waals surface area contributed by atoms with E-state index in [2.05, 4.69) is 255 Å². The molecule has 3 aliphatic rings. The van der Waals surface area contributed by atoms with Crippen molar-refractivity contribution in [3.8, 4) is 77.9 Å². The van der Waals surface area contributed by atoms with Crippen LogP contribution in [0.2, 0.25) is 0 Å². The van der Waals surface area contributed by atoms with Crippen molar-refractivity contribution in [1.29, 1.82) is 0 Å². The third-order valence-corrected chi connectivity index (χ3v) is 15.9. The van der Waals surface area contributed by atoms with Crippen molar-refractivity contribution in [2.75, 3.05) is 4.90 Å². The van der Waals surface area contributed by atoms with E-state index in [1.165, 1.54) is 132 Å². The Bertz CT molecular complexity index is 3550. The lowest BCUT2D eigenvalue weighted by Crippen LogP contribution is -2.21. The van der Waals surface area contributed by atoms with Gasteiger partial charge in [0.05, 0.1) is 0 Å². The van der Waals surface area contributed by atoms with Crippen LogP contribution in [0.3, 0.4) is 0 Å². The maximum absolute atomic E-state index is 2.53. The van der Waals surface area contributed by atoms with Crippen LogP contribution in [0.1, 0.15) is 61.8 Å². The van der Waals surface area contributed by atoms with Crippen LogP contribution in [0, 0.1) is 0 Å². The molecule has 1 fully saturated rings. The first kappa shape index (κ1) is 41.2. The summed E-state index contributed by atoms with van der Waals surface area (Å²) in [4.78, 5) is 2.48. The quantitative estimate of drug-likeness (QED) is 0.147. The van der Waals surface area contributed by atoms with Gasteiger partial charge in [0.2, 0.25) is 0 Å². The van der Waals surface area contributed by atoms with E-state index in [4.69, 9.17) is 0 Å². The first-order valence-electron chi connectivity index (χ1n) is 24.8. The summed E-state index contributed by atoms with van der Waals surface area (Å²) in [5.41, 5.74) is 27.1. The third-order valence-electron chi connectivity index (χ3n) is 15.9. The lowest BCUT2D eigenvalue weighted by Gasteiger charge is -2.30. The van der Waals surface area contributed by atoms with Crippen LogP contribution in [0.25, 0.3) is 77.9 Å². The minimum Gasteiger partial charge on any atom is -0.310 e. The highest BCUT2D eigenvalue weighted by molar-refractivity contribution is 5.94. The van der Waals surface area contributed by atoms with E-state index in [0.717, 1.165) is 11.4 Å². The summed E-state index contributed by atoms with van der Waals surface area (Å²) < 4.78 is 0. The zero-order valence-electron chi connectivity index (χ0n) is 39.3. The highest BCUT2D eigenvalue weighted by Gasteiger charge is 2.45. The maximum atomic E-state index is 2.53. The van der Waals surface area contributed by atoms with Crippen LogP contribution in [0.15, 0.2) is 237 Å². The van der Waals surface area contributed by atoms with E-state index < -0.39 is 0 Å². The molecule has 3 aliphatic carbocycles. The third kappa shape index (κ3) is 6.67. The molecule has 0 amide bonds. The Kier molecular flexibility index (Phi) is 9.77. The Morgan fingerprint density at radius 1 is 0.290 bits per heavy atom. The van der Waals surface area contributed by atoms with Crippen LogP contribution in [-0.4, -0.2) is 0 Å². The van der Waals surface area contributed by atoms with E-state index in [-0.39, 0.29) is 10.8 Å². The summed E-state index contributed by atoms with van der Waals surface area (Å²) in [6.07, 6.45) is 4.93. The van der Waals surface area contributed by atoms with Gasteiger partial charge >= 0.3 is 0 Å². The molecule has 330 valence electrons. The Balaban J connectivity index is 0.900. The van der Waals surface area contributed by atoms with E-state index >= 15 is 0 Å². The highest BCUT2D eigenvalue weighted by atomic mass is 15.1. The summed E-state index contributed by atoms with van der Waals surface area (Å²) in [6, 6.07) is 88.3. The van der Waals surface area contributed by atoms with Gasteiger partial charge in [-0.3, -0.25) is 0 Å². The number of benzene rings is 10. The summed E-state index contributed by atoms with van der Waals surface area (Å²) in [5.74, 6) is 0. The number of nitrogens with zero attached hydrogens (tertiary/aromatic N) is 1. The van der Waals surface area contributed by atoms with Crippen LogP contribution in [0.5, 0.6) is 0 Å². The van der Waals surface area contributed by atoms with E-state index in [1.54, 1.807) is 0 Å². The Labute approximate surface area is 407 Å². The second-order valence-corrected chi connectivity index (χ2v) is 19.9. The smallest absolute Gasteiger partial charge is 0.0465 e. The largest absolute Gasteiger partial charge is 0.310 e. The Morgan fingerprint density at radius 2 is 0.681 bits per heavy atom. The van der Waals surface area contributed by atoms with Crippen molar-refractivity contribution >= 4 is 17.1 Å². The molecule has 0 aliphatic heterocycles. The zero-order chi connectivity index (χ0) is 46.1. The molecular formula is C68H53N. The second-order valence-electron chi connectivity index (χ2n) is 19.9.